The molecule has 0 saturated carbocycles. The normalized spacial score (nSPS) is 10.3. The molecule has 1 amide bonds. The summed E-state index contributed by atoms with van der Waals surface area (Å²) < 4.78 is 1.54. The average Bonchev–Trinajstić information content (AvgIpc) is 2.52. The predicted molar refractivity (Wildman–Crippen MR) is 68.7 cm³/mol. The fourth-order valence-electron chi connectivity index (χ4n) is 1.68. The number of allylic oxidation sites excluding steroid dienone is 1. The molecule has 0 spiro atoms. The predicted octanol–water partition coefficient (Wildman–Crippen LogP) is 1.35. The van der Waals surface area contributed by atoms with Crippen molar-refractivity contribution in [2.24, 2.45) is 7.05 Å². The lowest BCUT2D eigenvalue weighted by Crippen LogP contribution is -2.30. The van der Waals surface area contributed by atoms with Crippen LogP contribution >= 0.6 is 0 Å². The van der Waals surface area contributed by atoms with Crippen molar-refractivity contribution in [2.75, 3.05) is 19.3 Å². The van der Waals surface area contributed by atoms with Crippen LogP contribution in [0, 0.1) is 6.92 Å². The lowest BCUT2D eigenvalue weighted by atomic mass is 10.2. The summed E-state index contributed by atoms with van der Waals surface area (Å²) in [6, 6.07) is 0. The number of hydrogen-bond acceptors (Lipinski definition) is 3. The van der Waals surface area contributed by atoms with Gasteiger partial charge in [-0.15, -0.1) is 6.58 Å². The van der Waals surface area contributed by atoms with E-state index in [9.17, 15) is 4.79 Å². The average molecular weight is 236 g/mol. The Morgan fingerprint density at radius 3 is 2.76 bits per heavy atom. The summed E-state index contributed by atoms with van der Waals surface area (Å²) in [6.07, 6.45) is 3.65. The zero-order chi connectivity index (χ0) is 13.0. The summed E-state index contributed by atoms with van der Waals surface area (Å²) >= 11 is 0. The highest BCUT2D eigenvalue weighted by molar-refractivity contribution is 5.97. The zero-order valence-electron chi connectivity index (χ0n) is 10.7. The Bertz CT molecular complexity index is 422. The first kappa shape index (κ1) is 13.3. The Morgan fingerprint density at radius 1 is 1.65 bits per heavy atom. The molecule has 2 N–H and O–H groups in total. The van der Waals surface area contributed by atoms with Gasteiger partial charge in [-0.25, -0.2) is 0 Å². The third kappa shape index (κ3) is 2.87. The molecule has 0 atom stereocenters. The maximum Gasteiger partial charge on any atom is 0.274 e. The van der Waals surface area contributed by atoms with Crippen LogP contribution in [0.5, 0.6) is 0 Å². The molecule has 94 valence electrons. The van der Waals surface area contributed by atoms with Crippen molar-refractivity contribution in [1.29, 1.82) is 0 Å². The Kier molecular flexibility index (Phi) is 4.31. The first-order valence-electron chi connectivity index (χ1n) is 5.64. The molecule has 5 heteroatoms. The molecule has 0 fully saturated rings. The summed E-state index contributed by atoms with van der Waals surface area (Å²) in [4.78, 5) is 13.8. The molecule has 1 heterocycles. The topological polar surface area (TPSA) is 64.2 Å². The van der Waals surface area contributed by atoms with Gasteiger partial charge in [0.15, 0.2) is 0 Å². The molecule has 1 rings (SSSR count). The smallest absolute Gasteiger partial charge is 0.274 e. The molecule has 0 aliphatic heterocycles. The monoisotopic (exact) mass is 236 g/mol. The first-order chi connectivity index (χ1) is 7.99. The molecular weight excluding hydrogens is 216 g/mol. The van der Waals surface area contributed by atoms with Crippen LogP contribution in [0.25, 0.3) is 0 Å². The zero-order valence-corrected chi connectivity index (χ0v) is 10.7. The van der Waals surface area contributed by atoms with Crippen molar-refractivity contribution in [3.63, 3.8) is 0 Å². The van der Waals surface area contributed by atoms with Crippen LogP contribution in [0.4, 0.5) is 5.69 Å². The second-order valence-corrected chi connectivity index (χ2v) is 4.13. The minimum atomic E-state index is -0.0883. The molecule has 5 nitrogen and oxygen atoms in total. The van der Waals surface area contributed by atoms with Gasteiger partial charge in [-0.2, -0.15) is 5.10 Å². The van der Waals surface area contributed by atoms with E-state index in [-0.39, 0.29) is 5.91 Å². The maximum absolute atomic E-state index is 12.2. The van der Waals surface area contributed by atoms with Gasteiger partial charge in [0, 0.05) is 20.6 Å². The standard InChI is InChI=1S/C12H20N4O/c1-5-6-7-8-15(3)12(17)11-10(13)9(2)14-16(11)4/h5H,1,6-8,13H2,2-4H3. The van der Waals surface area contributed by atoms with Crippen LogP contribution in [0.1, 0.15) is 29.0 Å². The third-order valence-electron chi connectivity index (χ3n) is 2.72. The highest BCUT2D eigenvalue weighted by Crippen LogP contribution is 2.17. The van der Waals surface area contributed by atoms with E-state index in [0.717, 1.165) is 12.8 Å². The van der Waals surface area contributed by atoms with E-state index in [0.29, 0.717) is 23.6 Å². The molecule has 17 heavy (non-hydrogen) atoms. The number of nitrogens with two attached hydrogens (primary N) is 1. The number of nitrogens with zero attached hydrogens (tertiary/aromatic N) is 3. The minimum absolute atomic E-state index is 0.0883. The van der Waals surface area contributed by atoms with Crippen LogP contribution in [-0.2, 0) is 7.05 Å². The van der Waals surface area contributed by atoms with Crippen LogP contribution < -0.4 is 5.73 Å². The largest absolute Gasteiger partial charge is 0.395 e. The van der Waals surface area contributed by atoms with E-state index in [1.54, 1.807) is 25.9 Å². The molecule has 0 radical (unpaired) electrons. The van der Waals surface area contributed by atoms with Crippen molar-refractivity contribution in [3.8, 4) is 0 Å². The molecule has 0 aliphatic carbocycles. The molecule has 0 aromatic carbocycles. The molecule has 0 unspecified atom stereocenters. The number of carbonyl (C=O) groups excluding carboxylic acids is 1. The number of nitrogen functional groups attached to an aromatic ring is 1. The Balaban J connectivity index is 2.78. The molecular formula is C12H20N4O. The quantitative estimate of drug-likeness (QED) is 0.620. The fourth-order valence-corrected chi connectivity index (χ4v) is 1.68. The van der Waals surface area contributed by atoms with Gasteiger partial charge in [-0.05, 0) is 19.8 Å². The highest BCUT2D eigenvalue weighted by atomic mass is 16.2. The van der Waals surface area contributed by atoms with Crippen molar-refractivity contribution in [1.82, 2.24) is 14.7 Å². The molecule has 0 bridgehead atoms. The van der Waals surface area contributed by atoms with Gasteiger partial charge in [0.05, 0.1) is 11.4 Å². The van der Waals surface area contributed by atoms with Crippen molar-refractivity contribution in [2.45, 2.75) is 19.8 Å². The molecule has 1 aromatic rings. The Labute approximate surface area is 102 Å². The first-order valence-corrected chi connectivity index (χ1v) is 5.64. The van der Waals surface area contributed by atoms with Crippen molar-refractivity contribution in [3.05, 3.63) is 24.0 Å². The number of aryl methyl sites for hydroxylation is 2. The van der Waals surface area contributed by atoms with E-state index in [4.69, 9.17) is 5.73 Å². The van der Waals surface area contributed by atoms with E-state index < -0.39 is 0 Å². The number of amides is 1. The van der Waals surface area contributed by atoms with E-state index in [2.05, 4.69) is 11.7 Å². The summed E-state index contributed by atoms with van der Waals surface area (Å²) in [5.41, 5.74) is 7.47. The van der Waals surface area contributed by atoms with Gasteiger partial charge in [0.1, 0.15) is 5.69 Å². The van der Waals surface area contributed by atoms with Gasteiger partial charge >= 0.3 is 0 Å². The van der Waals surface area contributed by atoms with E-state index in [1.165, 1.54) is 4.68 Å². The molecule has 1 aromatic heterocycles. The van der Waals surface area contributed by atoms with Crippen LogP contribution in [0.3, 0.4) is 0 Å². The van der Waals surface area contributed by atoms with Crippen LogP contribution in [-0.4, -0.2) is 34.2 Å². The van der Waals surface area contributed by atoms with Crippen LogP contribution in [0.2, 0.25) is 0 Å². The summed E-state index contributed by atoms with van der Waals surface area (Å²) in [5, 5.41) is 4.14. The van der Waals surface area contributed by atoms with Gasteiger partial charge in [-0.1, -0.05) is 6.08 Å². The summed E-state index contributed by atoms with van der Waals surface area (Å²) in [5.74, 6) is -0.0883. The van der Waals surface area contributed by atoms with Gasteiger partial charge in [-0.3, -0.25) is 9.48 Å². The fraction of sp³-hybridized carbons (Fsp3) is 0.500. The SMILES string of the molecule is C=CCCCN(C)C(=O)c1c(N)c(C)nn1C. The number of aromatic nitrogens is 2. The van der Waals surface area contributed by atoms with Crippen molar-refractivity contribution < 1.29 is 4.79 Å². The third-order valence-corrected chi connectivity index (χ3v) is 2.72. The molecule has 0 saturated heterocycles. The summed E-state index contributed by atoms with van der Waals surface area (Å²) in [7, 11) is 3.50. The Hall–Kier alpha value is -1.78. The van der Waals surface area contributed by atoms with Gasteiger partial charge in [0.25, 0.3) is 5.91 Å². The van der Waals surface area contributed by atoms with E-state index >= 15 is 0 Å². The lowest BCUT2D eigenvalue weighted by Gasteiger charge is -2.17. The summed E-state index contributed by atoms with van der Waals surface area (Å²) in [6.45, 7) is 6.14. The van der Waals surface area contributed by atoms with E-state index in [1.807, 2.05) is 6.08 Å². The number of carbonyl (C=O) groups is 1. The number of hydrogen-bond donors (Lipinski definition) is 1. The Morgan fingerprint density at radius 2 is 2.29 bits per heavy atom. The maximum atomic E-state index is 12.2. The second kappa shape index (κ2) is 5.52. The van der Waals surface area contributed by atoms with Gasteiger partial charge < -0.3 is 10.6 Å². The number of unbranched alkanes of at least 4 members (excludes halogenated alkanes) is 1. The highest BCUT2D eigenvalue weighted by Gasteiger charge is 2.20. The van der Waals surface area contributed by atoms with Crippen molar-refractivity contribution >= 4 is 11.6 Å². The number of rotatable bonds is 5. The minimum Gasteiger partial charge on any atom is -0.395 e. The van der Waals surface area contributed by atoms with Crippen LogP contribution in [0.15, 0.2) is 12.7 Å². The second-order valence-electron chi connectivity index (χ2n) is 4.13. The number of anilines is 1. The van der Waals surface area contributed by atoms with Gasteiger partial charge in [0.2, 0.25) is 0 Å². The molecule has 0 aliphatic rings. The lowest BCUT2D eigenvalue weighted by molar-refractivity contribution is 0.0784.